The van der Waals surface area contributed by atoms with Gasteiger partial charge in [-0.25, -0.2) is 14.2 Å². The lowest BCUT2D eigenvalue weighted by molar-refractivity contribution is 0.0701. The standard InChI is InChI=1S/C15H16FNO3S/c1-2-11-14(15(18)19)21-13(17-11)8-5-9-20-12-7-4-3-6-10(12)16/h3-4,6-7H,2,5,8-9H2,1H3,(H,18,19). The van der Waals surface area contributed by atoms with Crippen molar-refractivity contribution in [1.29, 1.82) is 0 Å². The van der Waals surface area contributed by atoms with Crippen LogP contribution in [-0.2, 0) is 12.8 Å². The predicted molar refractivity (Wildman–Crippen MR) is 78.7 cm³/mol. The summed E-state index contributed by atoms with van der Waals surface area (Å²) in [5.41, 5.74) is 0.623. The summed E-state index contributed by atoms with van der Waals surface area (Å²) in [5, 5.41) is 9.84. The van der Waals surface area contributed by atoms with E-state index < -0.39 is 5.97 Å². The third-order valence-electron chi connectivity index (χ3n) is 2.90. The van der Waals surface area contributed by atoms with Crippen LogP contribution in [0.25, 0.3) is 0 Å². The van der Waals surface area contributed by atoms with Gasteiger partial charge in [-0.3, -0.25) is 0 Å². The summed E-state index contributed by atoms with van der Waals surface area (Å²) in [7, 11) is 0. The zero-order valence-electron chi connectivity index (χ0n) is 11.6. The summed E-state index contributed by atoms with van der Waals surface area (Å²) in [6.07, 6.45) is 1.88. The van der Waals surface area contributed by atoms with Crippen molar-refractivity contribution < 1.29 is 19.0 Å². The first kappa shape index (κ1) is 15.4. The van der Waals surface area contributed by atoms with Crippen LogP contribution in [0.3, 0.4) is 0 Å². The number of hydrogen-bond acceptors (Lipinski definition) is 4. The molecule has 0 atom stereocenters. The van der Waals surface area contributed by atoms with E-state index in [4.69, 9.17) is 9.84 Å². The molecule has 0 unspecified atom stereocenters. The summed E-state index contributed by atoms with van der Waals surface area (Å²) in [5.74, 6) is -1.08. The number of aryl methyl sites for hydroxylation is 2. The van der Waals surface area contributed by atoms with Gasteiger partial charge in [0, 0.05) is 6.42 Å². The number of ether oxygens (including phenoxy) is 1. The molecule has 0 saturated carbocycles. The van der Waals surface area contributed by atoms with Gasteiger partial charge in [-0.15, -0.1) is 11.3 Å². The molecule has 1 heterocycles. The lowest BCUT2D eigenvalue weighted by Gasteiger charge is -2.05. The van der Waals surface area contributed by atoms with Crippen molar-refractivity contribution in [3.63, 3.8) is 0 Å². The molecule has 0 aliphatic heterocycles. The molecule has 0 bridgehead atoms. The molecular weight excluding hydrogens is 293 g/mol. The zero-order chi connectivity index (χ0) is 15.2. The highest BCUT2D eigenvalue weighted by Crippen LogP contribution is 2.21. The van der Waals surface area contributed by atoms with Gasteiger partial charge in [0.15, 0.2) is 11.6 Å². The molecule has 0 aliphatic rings. The highest BCUT2D eigenvalue weighted by atomic mass is 32.1. The normalized spacial score (nSPS) is 10.6. The predicted octanol–water partition coefficient (Wildman–Crippen LogP) is 3.55. The Bertz CT molecular complexity index is 627. The second-order valence-corrected chi connectivity index (χ2v) is 5.51. The minimum atomic E-state index is -0.932. The number of rotatable bonds is 7. The number of benzene rings is 1. The number of aromatic carboxylic acids is 1. The second-order valence-electron chi connectivity index (χ2n) is 4.42. The average molecular weight is 309 g/mol. The molecule has 2 rings (SSSR count). The maximum atomic E-state index is 13.3. The van der Waals surface area contributed by atoms with Gasteiger partial charge in [0.1, 0.15) is 4.88 Å². The van der Waals surface area contributed by atoms with E-state index in [1.54, 1.807) is 18.2 Å². The van der Waals surface area contributed by atoms with E-state index in [2.05, 4.69) is 4.98 Å². The largest absolute Gasteiger partial charge is 0.491 e. The third kappa shape index (κ3) is 4.01. The molecule has 0 amide bonds. The summed E-state index contributed by atoms with van der Waals surface area (Å²) in [6.45, 7) is 2.25. The number of thiazole rings is 1. The lowest BCUT2D eigenvalue weighted by atomic mass is 10.3. The Kier molecular flexibility index (Phi) is 5.27. The molecule has 0 radical (unpaired) electrons. The van der Waals surface area contributed by atoms with Gasteiger partial charge in [-0.2, -0.15) is 0 Å². The fourth-order valence-corrected chi connectivity index (χ4v) is 2.91. The molecule has 1 aromatic heterocycles. The first-order valence-electron chi connectivity index (χ1n) is 6.71. The van der Waals surface area contributed by atoms with Crippen molar-refractivity contribution in [2.75, 3.05) is 6.61 Å². The van der Waals surface area contributed by atoms with Crippen LogP contribution in [0.4, 0.5) is 4.39 Å². The quantitative estimate of drug-likeness (QED) is 0.795. The Morgan fingerprint density at radius 1 is 1.43 bits per heavy atom. The number of halogens is 1. The minimum Gasteiger partial charge on any atom is -0.491 e. The van der Waals surface area contributed by atoms with Crippen LogP contribution in [0.1, 0.15) is 33.7 Å². The van der Waals surface area contributed by atoms with Crippen LogP contribution in [0.2, 0.25) is 0 Å². The number of aromatic nitrogens is 1. The molecule has 0 aliphatic carbocycles. The Balaban J connectivity index is 1.86. The fraction of sp³-hybridized carbons (Fsp3) is 0.333. The SMILES string of the molecule is CCc1nc(CCCOc2ccccc2F)sc1C(=O)O. The van der Waals surface area contributed by atoms with Crippen molar-refractivity contribution in [2.24, 2.45) is 0 Å². The number of hydrogen-bond donors (Lipinski definition) is 1. The minimum absolute atomic E-state index is 0.233. The Labute approximate surface area is 126 Å². The van der Waals surface area contributed by atoms with Gasteiger partial charge >= 0.3 is 5.97 Å². The molecule has 6 heteroatoms. The number of carboxylic acids is 1. The first-order chi connectivity index (χ1) is 10.1. The number of nitrogens with zero attached hydrogens (tertiary/aromatic N) is 1. The average Bonchev–Trinajstić information content (AvgIpc) is 2.89. The van der Waals surface area contributed by atoms with E-state index in [-0.39, 0.29) is 11.6 Å². The molecule has 0 spiro atoms. The molecule has 0 saturated heterocycles. The summed E-state index contributed by atoms with van der Waals surface area (Å²) < 4.78 is 18.7. The Morgan fingerprint density at radius 2 is 2.19 bits per heavy atom. The highest BCUT2D eigenvalue weighted by molar-refractivity contribution is 7.13. The topological polar surface area (TPSA) is 59.4 Å². The number of carboxylic acid groups (broad SMARTS) is 1. The van der Waals surface area contributed by atoms with Gasteiger partial charge in [-0.1, -0.05) is 19.1 Å². The van der Waals surface area contributed by atoms with Gasteiger partial charge in [0.05, 0.1) is 17.3 Å². The molecule has 112 valence electrons. The van der Waals surface area contributed by atoms with Crippen LogP contribution >= 0.6 is 11.3 Å². The van der Waals surface area contributed by atoms with E-state index in [9.17, 15) is 9.18 Å². The van der Waals surface area contributed by atoms with Crippen LogP contribution in [0, 0.1) is 5.82 Å². The van der Waals surface area contributed by atoms with Gasteiger partial charge in [-0.05, 0) is 25.0 Å². The Morgan fingerprint density at radius 3 is 2.81 bits per heavy atom. The van der Waals surface area contributed by atoms with Crippen LogP contribution < -0.4 is 4.74 Å². The van der Waals surface area contributed by atoms with E-state index in [0.29, 0.717) is 36.4 Å². The smallest absolute Gasteiger partial charge is 0.347 e. The van der Waals surface area contributed by atoms with Crippen LogP contribution in [0.5, 0.6) is 5.75 Å². The molecular formula is C15H16FNO3S. The van der Waals surface area contributed by atoms with Gasteiger partial charge in [0.25, 0.3) is 0 Å². The first-order valence-corrected chi connectivity index (χ1v) is 7.52. The summed E-state index contributed by atoms with van der Waals surface area (Å²) in [4.78, 5) is 15.7. The Hall–Kier alpha value is -1.95. The van der Waals surface area contributed by atoms with Crippen LogP contribution in [0.15, 0.2) is 24.3 Å². The fourth-order valence-electron chi connectivity index (χ4n) is 1.88. The van der Waals surface area contributed by atoms with Gasteiger partial charge in [0.2, 0.25) is 0 Å². The number of carbonyl (C=O) groups is 1. The molecule has 21 heavy (non-hydrogen) atoms. The third-order valence-corrected chi connectivity index (χ3v) is 4.05. The maximum absolute atomic E-state index is 13.3. The maximum Gasteiger partial charge on any atom is 0.347 e. The van der Waals surface area contributed by atoms with E-state index in [1.807, 2.05) is 6.92 Å². The van der Waals surface area contributed by atoms with Crippen LogP contribution in [-0.4, -0.2) is 22.7 Å². The number of para-hydroxylation sites is 1. The van der Waals surface area contributed by atoms with Crippen molar-refractivity contribution in [3.8, 4) is 5.75 Å². The monoisotopic (exact) mass is 309 g/mol. The van der Waals surface area contributed by atoms with E-state index in [1.165, 1.54) is 17.4 Å². The van der Waals surface area contributed by atoms with Crippen molar-refractivity contribution in [3.05, 3.63) is 45.7 Å². The zero-order valence-corrected chi connectivity index (χ0v) is 12.5. The van der Waals surface area contributed by atoms with Crippen molar-refractivity contribution in [2.45, 2.75) is 26.2 Å². The molecule has 2 aromatic rings. The molecule has 4 nitrogen and oxygen atoms in total. The summed E-state index contributed by atoms with van der Waals surface area (Å²) >= 11 is 1.20. The van der Waals surface area contributed by atoms with Gasteiger partial charge < -0.3 is 9.84 Å². The van der Waals surface area contributed by atoms with E-state index in [0.717, 1.165) is 5.01 Å². The van der Waals surface area contributed by atoms with E-state index >= 15 is 0 Å². The molecule has 1 aromatic carbocycles. The lowest BCUT2D eigenvalue weighted by Crippen LogP contribution is -2.00. The highest BCUT2D eigenvalue weighted by Gasteiger charge is 2.15. The van der Waals surface area contributed by atoms with Crippen molar-refractivity contribution in [1.82, 2.24) is 4.98 Å². The molecule has 0 fully saturated rings. The molecule has 1 N–H and O–H groups in total. The van der Waals surface area contributed by atoms with Crippen molar-refractivity contribution >= 4 is 17.3 Å². The second kappa shape index (κ2) is 7.17. The summed E-state index contributed by atoms with van der Waals surface area (Å²) in [6, 6.07) is 6.25.